The Hall–Kier alpha value is -2.83. The van der Waals surface area contributed by atoms with E-state index in [2.05, 4.69) is 15.7 Å². The average Bonchev–Trinajstić information content (AvgIpc) is 3.02. The van der Waals surface area contributed by atoms with Gasteiger partial charge < -0.3 is 15.4 Å². The van der Waals surface area contributed by atoms with Crippen LogP contribution in [0.15, 0.2) is 36.5 Å². The van der Waals surface area contributed by atoms with Crippen molar-refractivity contribution >= 4 is 11.8 Å². The van der Waals surface area contributed by atoms with Crippen molar-refractivity contribution in [3.63, 3.8) is 0 Å². The van der Waals surface area contributed by atoms with E-state index >= 15 is 0 Å². The molecule has 26 heavy (non-hydrogen) atoms. The lowest BCUT2D eigenvalue weighted by molar-refractivity contribution is 0.0261. The smallest absolute Gasteiger partial charge is 0.269 e. The summed E-state index contributed by atoms with van der Waals surface area (Å²) in [5, 5.41) is 10.1. The highest BCUT2D eigenvalue weighted by Crippen LogP contribution is 2.36. The lowest BCUT2D eigenvalue weighted by Crippen LogP contribution is -2.51. The van der Waals surface area contributed by atoms with E-state index in [0.717, 1.165) is 25.7 Å². The van der Waals surface area contributed by atoms with E-state index in [1.54, 1.807) is 30.1 Å². The van der Waals surface area contributed by atoms with Crippen LogP contribution in [0.4, 0.5) is 0 Å². The van der Waals surface area contributed by atoms with Crippen molar-refractivity contribution in [1.82, 2.24) is 20.4 Å². The number of rotatable bonds is 2. The maximum absolute atomic E-state index is 12.4. The van der Waals surface area contributed by atoms with Crippen LogP contribution in [-0.4, -0.2) is 39.8 Å². The molecule has 7 nitrogen and oxygen atoms in total. The van der Waals surface area contributed by atoms with Crippen LogP contribution in [0.1, 0.15) is 46.5 Å². The fourth-order valence-corrected chi connectivity index (χ4v) is 3.77. The third-order valence-electron chi connectivity index (χ3n) is 5.31. The maximum Gasteiger partial charge on any atom is 0.269 e. The molecule has 0 bridgehead atoms. The Morgan fingerprint density at radius 1 is 1.31 bits per heavy atom. The number of aryl methyl sites for hydroxylation is 1. The van der Waals surface area contributed by atoms with Crippen LogP contribution >= 0.6 is 0 Å². The van der Waals surface area contributed by atoms with Gasteiger partial charge in [-0.15, -0.1) is 0 Å². The number of hydrogen-bond acceptors (Lipinski definition) is 4. The van der Waals surface area contributed by atoms with Crippen molar-refractivity contribution < 1.29 is 14.3 Å². The molecule has 2 amide bonds. The third kappa shape index (κ3) is 3.05. The number of para-hydroxylation sites is 1. The monoisotopic (exact) mass is 354 g/mol. The lowest BCUT2D eigenvalue weighted by atomic mass is 9.81. The summed E-state index contributed by atoms with van der Waals surface area (Å²) in [4.78, 5) is 24.6. The Kier molecular flexibility index (Phi) is 4.14. The number of nitrogens with zero attached hydrogens (tertiary/aromatic N) is 2. The second kappa shape index (κ2) is 6.48. The summed E-state index contributed by atoms with van der Waals surface area (Å²) in [5.41, 5.74) is 0.726. The van der Waals surface area contributed by atoms with Crippen molar-refractivity contribution in [2.24, 2.45) is 7.05 Å². The van der Waals surface area contributed by atoms with Gasteiger partial charge in [0.25, 0.3) is 11.8 Å². The molecule has 1 aliphatic heterocycles. The predicted octanol–water partition coefficient (Wildman–Crippen LogP) is 1.65. The van der Waals surface area contributed by atoms with Crippen molar-refractivity contribution in [3.8, 4) is 5.75 Å². The van der Waals surface area contributed by atoms with Gasteiger partial charge in [0.15, 0.2) is 0 Å². The van der Waals surface area contributed by atoms with Crippen LogP contribution in [0.2, 0.25) is 0 Å². The number of hydrogen-bond donors (Lipinski definition) is 2. The van der Waals surface area contributed by atoms with Crippen molar-refractivity contribution in [1.29, 1.82) is 0 Å². The Balaban J connectivity index is 1.42. The van der Waals surface area contributed by atoms with E-state index < -0.39 is 5.60 Å². The summed E-state index contributed by atoms with van der Waals surface area (Å²) in [5.74, 6) is 0.440. The minimum atomic E-state index is -0.407. The number of ether oxygens (including phenoxy) is 1. The highest BCUT2D eigenvalue weighted by molar-refractivity contribution is 5.97. The molecule has 0 radical (unpaired) electrons. The van der Waals surface area contributed by atoms with Gasteiger partial charge >= 0.3 is 0 Å². The molecule has 0 saturated heterocycles. The second-order valence-electron chi connectivity index (χ2n) is 7.05. The van der Waals surface area contributed by atoms with E-state index in [1.807, 2.05) is 18.2 Å². The predicted molar refractivity (Wildman–Crippen MR) is 95.1 cm³/mol. The Morgan fingerprint density at radius 2 is 2.08 bits per heavy atom. The standard InChI is InChI=1S/C19H22N4O3/c1-23-15(8-11-21-23)18(25)22-13-6-9-19(10-7-13)12-20-17(24)14-4-2-3-5-16(14)26-19/h2-5,8,11,13H,6-7,9-10,12H2,1H3,(H,20,24)(H,22,25). The molecule has 2 aliphatic rings. The number of nitrogens with one attached hydrogen (secondary N) is 2. The first-order valence-electron chi connectivity index (χ1n) is 8.91. The molecule has 1 aliphatic carbocycles. The molecule has 7 heteroatoms. The Morgan fingerprint density at radius 3 is 2.81 bits per heavy atom. The molecule has 4 rings (SSSR count). The molecular weight excluding hydrogens is 332 g/mol. The molecule has 0 unspecified atom stereocenters. The molecule has 2 aromatic rings. The number of benzene rings is 1. The Bertz CT molecular complexity index is 837. The van der Waals surface area contributed by atoms with Gasteiger partial charge in [0, 0.05) is 19.3 Å². The third-order valence-corrected chi connectivity index (χ3v) is 5.31. The summed E-state index contributed by atoms with van der Waals surface area (Å²) in [6, 6.07) is 9.15. The number of amides is 2. The van der Waals surface area contributed by atoms with E-state index in [-0.39, 0.29) is 17.9 Å². The number of carbonyl (C=O) groups excluding carboxylic acids is 2. The number of fused-ring (bicyclic) bond motifs is 1. The van der Waals surface area contributed by atoms with Gasteiger partial charge in [-0.3, -0.25) is 14.3 Å². The van der Waals surface area contributed by atoms with Gasteiger partial charge in [-0.05, 0) is 43.9 Å². The molecule has 0 atom stereocenters. The molecular formula is C19H22N4O3. The number of carbonyl (C=O) groups is 2. The molecule has 2 heterocycles. The van der Waals surface area contributed by atoms with E-state index in [9.17, 15) is 9.59 Å². The molecule has 1 fully saturated rings. The minimum Gasteiger partial charge on any atom is -0.485 e. The summed E-state index contributed by atoms with van der Waals surface area (Å²) >= 11 is 0. The summed E-state index contributed by atoms with van der Waals surface area (Å²) in [6.07, 6.45) is 4.78. The molecule has 2 N–H and O–H groups in total. The number of aromatic nitrogens is 2. The zero-order chi connectivity index (χ0) is 18.1. The topological polar surface area (TPSA) is 85.3 Å². The van der Waals surface area contributed by atoms with Gasteiger partial charge in [0.1, 0.15) is 17.0 Å². The first-order valence-corrected chi connectivity index (χ1v) is 8.91. The highest BCUT2D eigenvalue weighted by Gasteiger charge is 2.40. The van der Waals surface area contributed by atoms with Crippen molar-refractivity contribution in [3.05, 3.63) is 47.8 Å². The quantitative estimate of drug-likeness (QED) is 0.859. The van der Waals surface area contributed by atoms with Crippen molar-refractivity contribution in [2.75, 3.05) is 6.54 Å². The van der Waals surface area contributed by atoms with E-state index in [1.165, 1.54) is 0 Å². The van der Waals surface area contributed by atoms with Crippen LogP contribution in [0.5, 0.6) is 5.75 Å². The fraction of sp³-hybridized carbons (Fsp3) is 0.421. The first-order chi connectivity index (χ1) is 12.6. The molecule has 1 spiro atoms. The van der Waals surface area contributed by atoms with Crippen LogP contribution in [-0.2, 0) is 7.05 Å². The van der Waals surface area contributed by atoms with Crippen LogP contribution in [0, 0.1) is 0 Å². The largest absolute Gasteiger partial charge is 0.485 e. The van der Waals surface area contributed by atoms with Crippen molar-refractivity contribution in [2.45, 2.75) is 37.3 Å². The maximum atomic E-state index is 12.4. The molecule has 1 saturated carbocycles. The second-order valence-corrected chi connectivity index (χ2v) is 7.05. The van der Waals surface area contributed by atoms with Crippen LogP contribution in [0.25, 0.3) is 0 Å². The van der Waals surface area contributed by atoms with E-state index in [4.69, 9.17) is 4.74 Å². The van der Waals surface area contributed by atoms with Crippen LogP contribution in [0.3, 0.4) is 0 Å². The van der Waals surface area contributed by atoms with E-state index in [0.29, 0.717) is 23.6 Å². The average molecular weight is 354 g/mol. The van der Waals surface area contributed by atoms with Gasteiger partial charge in [0.05, 0.1) is 12.1 Å². The van der Waals surface area contributed by atoms with Gasteiger partial charge in [0.2, 0.25) is 0 Å². The first kappa shape index (κ1) is 16.6. The Labute approximate surface area is 151 Å². The summed E-state index contributed by atoms with van der Waals surface area (Å²) in [6.45, 7) is 0.489. The zero-order valence-electron chi connectivity index (χ0n) is 14.7. The zero-order valence-corrected chi connectivity index (χ0v) is 14.7. The molecule has 1 aromatic carbocycles. The SMILES string of the molecule is Cn1nccc1C(=O)NC1CCC2(CC1)CNC(=O)c1ccccc1O2. The van der Waals surface area contributed by atoms with Gasteiger partial charge in [-0.25, -0.2) is 0 Å². The normalized spacial score (nSPS) is 25.0. The van der Waals surface area contributed by atoms with Gasteiger partial charge in [-0.1, -0.05) is 12.1 Å². The lowest BCUT2D eigenvalue weighted by Gasteiger charge is -2.39. The highest BCUT2D eigenvalue weighted by atomic mass is 16.5. The summed E-state index contributed by atoms with van der Waals surface area (Å²) < 4.78 is 7.86. The van der Waals surface area contributed by atoms with Gasteiger partial charge in [-0.2, -0.15) is 5.10 Å². The summed E-state index contributed by atoms with van der Waals surface area (Å²) in [7, 11) is 1.75. The molecule has 136 valence electrons. The fourth-order valence-electron chi connectivity index (χ4n) is 3.77. The molecule has 1 aromatic heterocycles. The van der Waals surface area contributed by atoms with Crippen LogP contribution < -0.4 is 15.4 Å². The minimum absolute atomic E-state index is 0.0934.